The third kappa shape index (κ3) is 10.4. The van der Waals surface area contributed by atoms with E-state index in [9.17, 15) is 24.8 Å². The smallest absolute Gasteiger partial charge is 0.340 e. The second-order valence-corrected chi connectivity index (χ2v) is 8.10. The molecule has 174 valence electrons. The van der Waals surface area contributed by atoms with Crippen molar-refractivity contribution < 1.29 is 24.4 Å². The maximum atomic E-state index is 11.7. The fraction of sp³-hybridized carbons (Fsp3) is 0.667. The zero-order valence-electron chi connectivity index (χ0n) is 19.0. The van der Waals surface area contributed by atoms with Gasteiger partial charge in [-0.3, -0.25) is 14.9 Å². The fourth-order valence-electron chi connectivity index (χ4n) is 3.78. The summed E-state index contributed by atoms with van der Waals surface area (Å²) in [6.07, 6.45) is 16.3. The molecule has 0 fully saturated rings. The number of carbonyl (C=O) groups is 2. The van der Waals surface area contributed by atoms with Crippen LogP contribution in [0, 0.1) is 10.1 Å². The van der Waals surface area contributed by atoms with Crippen LogP contribution in [-0.2, 0) is 11.2 Å². The van der Waals surface area contributed by atoms with Gasteiger partial charge in [0.1, 0.15) is 5.56 Å². The molecule has 0 spiro atoms. The van der Waals surface area contributed by atoms with Gasteiger partial charge in [0.05, 0.1) is 4.92 Å². The second kappa shape index (κ2) is 15.4. The molecule has 0 aliphatic rings. The van der Waals surface area contributed by atoms with Crippen LogP contribution in [0.4, 0.5) is 5.69 Å². The topological polar surface area (TPSA) is 107 Å². The number of nitro groups is 1. The molecule has 0 aromatic heterocycles. The van der Waals surface area contributed by atoms with Crippen LogP contribution in [0.25, 0.3) is 0 Å². The molecule has 0 aliphatic carbocycles. The summed E-state index contributed by atoms with van der Waals surface area (Å²) in [4.78, 5) is 33.5. The van der Waals surface area contributed by atoms with Crippen LogP contribution in [-0.4, -0.2) is 22.0 Å². The summed E-state index contributed by atoms with van der Waals surface area (Å²) in [5.74, 6) is -2.59. The highest BCUT2D eigenvalue weighted by Gasteiger charge is 2.27. The zero-order chi connectivity index (χ0) is 23.1. The summed E-state index contributed by atoms with van der Waals surface area (Å²) < 4.78 is 4.90. The number of ether oxygens (including phenoxy) is 1. The van der Waals surface area contributed by atoms with Crippen molar-refractivity contribution in [2.24, 2.45) is 0 Å². The van der Waals surface area contributed by atoms with E-state index in [1.165, 1.54) is 76.3 Å². The van der Waals surface area contributed by atoms with Crippen molar-refractivity contribution >= 4 is 17.6 Å². The molecule has 7 nitrogen and oxygen atoms in total. The number of nitro benzene ring substituents is 1. The molecule has 0 unspecified atom stereocenters. The zero-order valence-corrected chi connectivity index (χ0v) is 19.0. The van der Waals surface area contributed by atoms with E-state index in [1.807, 2.05) is 0 Å². The predicted octanol–water partition coefficient (Wildman–Crippen LogP) is 6.85. The molecular formula is C24H37NO6. The molecule has 0 saturated carbocycles. The number of aryl methyl sites for hydroxylation is 1. The second-order valence-electron chi connectivity index (χ2n) is 8.10. The average Bonchev–Trinajstić information content (AvgIpc) is 2.70. The Bertz CT molecular complexity index is 716. The van der Waals surface area contributed by atoms with E-state index in [0.717, 1.165) is 26.2 Å². The van der Waals surface area contributed by atoms with E-state index >= 15 is 0 Å². The van der Waals surface area contributed by atoms with Gasteiger partial charge in [-0.15, -0.1) is 0 Å². The minimum Gasteiger partial charge on any atom is -0.478 e. The van der Waals surface area contributed by atoms with Crippen molar-refractivity contribution in [3.05, 3.63) is 33.4 Å². The first-order chi connectivity index (χ1) is 14.9. The van der Waals surface area contributed by atoms with E-state index in [4.69, 9.17) is 4.74 Å². The molecule has 1 aromatic carbocycles. The first kappa shape index (κ1) is 26.6. The maximum absolute atomic E-state index is 11.7. The highest BCUT2D eigenvalue weighted by Crippen LogP contribution is 2.34. The molecule has 0 saturated heterocycles. The average molecular weight is 436 g/mol. The van der Waals surface area contributed by atoms with Gasteiger partial charge >= 0.3 is 17.6 Å². The van der Waals surface area contributed by atoms with Gasteiger partial charge in [0.2, 0.25) is 5.75 Å². The Balaban J connectivity index is 2.41. The third-order valence-electron chi connectivity index (χ3n) is 5.43. The number of benzene rings is 1. The number of nitrogens with zero attached hydrogens (tertiary/aromatic N) is 1. The normalized spacial score (nSPS) is 10.8. The van der Waals surface area contributed by atoms with Crippen LogP contribution < -0.4 is 4.74 Å². The van der Waals surface area contributed by atoms with Gasteiger partial charge < -0.3 is 9.84 Å². The van der Waals surface area contributed by atoms with Crippen molar-refractivity contribution in [1.29, 1.82) is 0 Å². The van der Waals surface area contributed by atoms with Crippen molar-refractivity contribution in [2.45, 2.75) is 104 Å². The van der Waals surface area contributed by atoms with Gasteiger partial charge in [0, 0.05) is 13.0 Å². The molecule has 1 rings (SSSR count). The van der Waals surface area contributed by atoms with E-state index in [0.29, 0.717) is 12.0 Å². The molecule has 31 heavy (non-hydrogen) atoms. The lowest BCUT2D eigenvalue weighted by Crippen LogP contribution is -2.12. The van der Waals surface area contributed by atoms with Gasteiger partial charge in [-0.1, -0.05) is 90.0 Å². The van der Waals surface area contributed by atoms with Crippen LogP contribution in [0.3, 0.4) is 0 Å². The number of aromatic carboxylic acids is 1. The maximum Gasteiger partial charge on any atom is 0.340 e. The minimum absolute atomic E-state index is 0.289. The number of carbonyl (C=O) groups excluding carboxylic acids is 1. The van der Waals surface area contributed by atoms with Crippen LogP contribution in [0.5, 0.6) is 5.75 Å². The lowest BCUT2D eigenvalue weighted by atomic mass is 9.98. The number of carboxylic acids is 1. The van der Waals surface area contributed by atoms with Gasteiger partial charge in [-0.2, -0.15) is 0 Å². The third-order valence-corrected chi connectivity index (χ3v) is 5.43. The molecule has 0 bridgehead atoms. The quantitative estimate of drug-likeness (QED) is 0.0942. The van der Waals surface area contributed by atoms with Crippen molar-refractivity contribution in [3.8, 4) is 5.75 Å². The Morgan fingerprint density at radius 2 is 1.39 bits per heavy atom. The molecule has 7 heteroatoms. The first-order valence-corrected chi connectivity index (χ1v) is 11.6. The van der Waals surface area contributed by atoms with Crippen molar-refractivity contribution in [3.63, 3.8) is 0 Å². The van der Waals surface area contributed by atoms with Gasteiger partial charge in [-0.05, 0) is 18.4 Å². The fourth-order valence-corrected chi connectivity index (χ4v) is 3.78. The number of hydrogen-bond acceptors (Lipinski definition) is 5. The molecule has 0 heterocycles. The number of carboxylic acid groups (broad SMARTS) is 1. The summed E-state index contributed by atoms with van der Waals surface area (Å²) in [5, 5.41) is 20.8. The van der Waals surface area contributed by atoms with Crippen LogP contribution in [0.2, 0.25) is 0 Å². The van der Waals surface area contributed by atoms with Crippen LogP contribution in [0.15, 0.2) is 12.1 Å². The molecule has 0 radical (unpaired) electrons. The van der Waals surface area contributed by atoms with Gasteiger partial charge in [-0.25, -0.2) is 4.79 Å². The lowest BCUT2D eigenvalue weighted by Gasteiger charge is -2.11. The Kier molecular flexibility index (Phi) is 13.2. The standard InChI is InChI=1S/C24H37NO6/c1-3-4-5-6-7-8-9-10-11-12-13-14-15-16-20-17-18-21(25(29)30)23(31-19(2)26)22(20)24(27)28/h17-18H,3-16H2,1-2H3,(H,27,28). The van der Waals surface area contributed by atoms with Crippen molar-refractivity contribution in [1.82, 2.24) is 0 Å². The Hall–Kier alpha value is -2.44. The molecule has 0 amide bonds. The summed E-state index contributed by atoms with van der Waals surface area (Å²) in [6, 6.07) is 2.66. The van der Waals surface area contributed by atoms with Crippen LogP contribution >= 0.6 is 0 Å². The molecule has 0 atom stereocenters. The van der Waals surface area contributed by atoms with E-state index in [1.54, 1.807) is 0 Å². The SMILES string of the molecule is CCCCCCCCCCCCCCCc1ccc([N+](=O)[O-])c(OC(C)=O)c1C(=O)O. The van der Waals surface area contributed by atoms with Gasteiger partial charge in [0.15, 0.2) is 0 Å². The molecule has 1 N–H and O–H groups in total. The highest BCUT2D eigenvalue weighted by atomic mass is 16.6. The first-order valence-electron chi connectivity index (χ1n) is 11.6. The Morgan fingerprint density at radius 3 is 1.81 bits per heavy atom. The summed E-state index contributed by atoms with van der Waals surface area (Å²) >= 11 is 0. The molecular weight excluding hydrogens is 398 g/mol. The van der Waals surface area contributed by atoms with E-state index < -0.39 is 28.3 Å². The number of hydrogen-bond donors (Lipinski definition) is 1. The minimum atomic E-state index is -1.33. The number of unbranched alkanes of at least 4 members (excludes halogenated alkanes) is 12. The van der Waals surface area contributed by atoms with Crippen molar-refractivity contribution in [2.75, 3.05) is 0 Å². The van der Waals surface area contributed by atoms with Crippen LogP contribution in [0.1, 0.15) is 113 Å². The van der Waals surface area contributed by atoms with Gasteiger partial charge in [0.25, 0.3) is 0 Å². The predicted molar refractivity (Wildman–Crippen MR) is 121 cm³/mol. The van der Waals surface area contributed by atoms with E-state index in [2.05, 4.69) is 6.92 Å². The molecule has 0 aliphatic heterocycles. The Morgan fingerprint density at radius 1 is 0.903 bits per heavy atom. The Labute approximate surface area is 185 Å². The number of esters is 1. The monoisotopic (exact) mass is 435 g/mol. The summed E-state index contributed by atoms with van der Waals surface area (Å²) in [6.45, 7) is 3.33. The van der Waals surface area contributed by atoms with E-state index in [-0.39, 0.29) is 5.56 Å². The summed E-state index contributed by atoms with van der Waals surface area (Å²) in [7, 11) is 0. The summed E-state index contributed by atoms with van der Waals surface area (Å²) in [5.41, 5.74) is -0.345. The number of rotatable bonds is 17. The highest BCUT2D eigenvalue weighted by molar-refractivity contribution is 5.95. The molecule has 1 aromatic rings. The largest absolute Gasteiger partial charge is 0.478 e. The lowest BCUT2D eigenvalue weighted by molar-refractivity contribution is -0.385.